The van der Waals surface area contributed by atoms with Gasteiger partial charge in [-0.1, -0.05) is 25.0 Å². The fraction of sp³-hybridized carbons (Fsp3) is 0.400. The third-order valence-electron chi connectivity index (χ3n) is 3.78. The van der Waals surface area contributed by atoms with Gasteiger partial charge in [-0.15, -0.1) is 0 Å². The van der Waals surface area contributed by atoms with E-state index in [0.29, 0.717) is 25.1 Å². The molecule has 3 amide bonds. The predicted octanol–water partition coefficient (Wildman–Crippen LogP) is 1.88. The van der Waals surface area contributed by atoms with Gasteiger partial charge < -0.3 is 16.4 Å². The average Bonchev–Trinajstić information content (AvgIpc) is 2.96. The maximum absolute atomic E-state index is 12.2. The predicted molar refractivity (Wildman–Crippen MR) is 78.0 cm³/mol. The Hall–Kier alpha value is -2.55. The maximum atomic E-state index is 12.2. The van der Waals surface area contributed by atoms with Gasteiger partial charge in [0.05, 0.1) is 6.07 Å². The van der Waals surface area contributed by atoms with Crippen molar-refractivity contribution in [2.75, 3.05) is 5.32 Å². The third kappa shape index (κ3) is 3.51. The van der Waals surface area contributed by atoms with Crippen LogP contribution >= 0.6 is 0 Å². The first-order valence-corrected chi connectivity index (χ1v) is 6.91. The number of primary amides is 1. The molecule has 0 aromatic heterocycles. The van der Waals surface area contributed by atoms with Crippen LogP contribution in [-0.4, -0.2) is 11.9 Å². The molecule has 1 saturated carbocycles. The van der Waals surface area contributed by atoms with Crippen LogP contribution in [0.5, 0.6) is 0 Å². The lowest BCUT2D eigenvalue weighted by molar-refractivity contribution is -0.128. The molecule has 6 heteroatoms. The van der Waals surface area contributed by atoms with Crippen molar-refractivity contribution in [3.8, 4) is 6.07 Å². The van der Waals surface area contributed by atoms with Crippen LogP contribution in [0, 0.1) is 16.7 Å². The van der Waals surface area contributed by atoms with Crippen molar-refractivity contribution in [3.05, 3.63) is 29.8 Å². The number of benzene rings is 1. The third-order valence-corrected chi connectivity index (χ3v) is 3.78. The van der Waals surface area contributed by atoms with Crippen LogP contribution in [0.2, 0.25) is 0 Å². The molecule has 0 aliphatic heterocycles. The highest BCUT2D eigenvalue weighted by Crippen LogP contribution is 2.37. The number of carbonyl (C=O) groups excluding carboxylic acids is 2. The minimum atomic E-state index is -0.854. The van der Waals surface area contributed by atoms with E-state index in [0.717, 1.165) is 18.4 Å². The molecular formula is C15H18N4O2. The van der Waals surface area contributed by atoms with Gasteiger partial charge in [0, 0.05) is 12.2 Å². The minimum Gasteiger partial charge on any atom is -0.351 e. The molecule has 4 N–H and O–H groups in total. The number of hydrogen-bond donors (Lipinski definition) is 3. The number of urea groups is 1. The molecule has 110 valence electrons. The molecule has 0 bridgehead atoms. The Kier molecular flexibility index (Phi) is 4.43. The Morgan fingerprint density at radius 2 is 1.86 bits per heavy atom. The largest absolute Gasteiger partial charge is 0.351 e. The summed E-state index contributed by atoms with van der Waals surface area (Å²) in [4.78, 5) is 22.9. The average molecular weight is 286 g/mol. The van der Waals surface area contributed by atoms with E-state index in [1.54, 1.807) is 24.3 Å². The van der Waals surface area contributed by atoms with E-state index in [9.17, 15) is 14.9 Å². The van der Waals surface area contributed by atoms with Crippen LogP contribution in [0.4, 0.5) is 10.5 Å². The first kappa shape index (κ1) is 14.9. The number of rotatable bonds is 4. The van der Waals surface area contributed by atoms with E-state index in [-0.39, 0.29) is 5.91 Å². The van der Waals surface area contributed by atoms with Crippen LogP contribution in [0.3, 0.4) is 0 Å². The SMILES string of the molecule is N#CC1(C(=O)NCc2ccc(NC(N)=O)cc2)CCCC1. The first-order chi connectivity index (χ1) is 10.1. The van der Waals surface area contributed by atoms with Gasteiger partial charge in [-0.3, -0.25) is 4.79 Å². The molecule has 0 atom stereocenters. The molecule has 0 unspecified atom stereocenters. The second-order valence-electron chi connectivity index (χ2n) is 5.27. The Morgan fingerprint density at radius 1 is 1.24 bits per heavy atom. The molecule has 0 saturated heterocycles. The van der Waals surface area contributed by atoms with E-state index in [4.69, 9.17) is 5.73 Å². The Morgan fingerprint density at radius 3 is 2.38 bits per heavy atom. The molecule has 21 heavy (non-hydrogen) atoms. The van der Waals surface area contributed by atoms with Gasteiger partial charge >= 0.3 is 6.03 Å². The molecule has 1 aromatic carbocycles. The Bertz CT molecular complexity index is 568. The molecule has 2 rings (SSSR count). The van der Waals surface area contributed by atoms with Crippen molar-refractivity contribution in [1.82, 2.24) is 5.32 Å². The number of anilines is 1. The molecule has 1 aliphatic carbocycles. The molecule has 0 radical (unpaired) electrons. The summed E-state index contributed by atoms with van der Waals surface area (Å²) in [6.45, 7) is 0.360. The van der Waals surface area contributed by atoms with E-state index in [1.165, 1.54) is 0 Å². The summed E-state index contributed by atoms with van der Waals surface area (Å²) in [6.07, 6.45) is 3.12. The number of hydrogen-bond acceptors (Lipinski definition) is 3. The highest BCUT2D eigenvalue weighted by molar-refractivity contribution is 5.87. The smallest absolute Gasteiger partial charge is 0.316 e. The summed E-state index contributed by atoms with van der Waals surface area (Å²) in [5, 5.41) is 14.5. The lowest BCUT2D eigenvalue weighted by atomic mass is 9.87. The zero-order valence-corrected chi connectivity index (χ0v) is 11.7. The molecule has 1 aromatic rings. The topological polar surface area (TPSA) is 108 Å². The second kappa shape index (κ2) is 6.27. The van der Waals surface area contributed by atoms with E-state index in [1.807, 2.05) is 0 Å². The number of amides is 3. The van der Waals surface area contributed by atoms with Gasteiger partial charge in [0.25, 0.3) is 0 Å². The summed E-state index contributed by atoms with van der Waals surface area (Å²) in [5.74, 6) is -0.193. The van der Waals surface area contributed by atoms with Gasteiger partial charge in [-0.05, 0) is 30.5 Å². The van der Waals surface area contributed by atoms with Gasteiger partial charge in [-0.2, -0.15) is 5.26 Å². The molecule has 0 spiro atoms. The summed E-state index contributed by atoms with van der Waals surface area (Å²) in [6, 6.07) is 8.56. The van der Waals surface area contributed by atoms with Crippen LogP contribution in [0.1, 0.15) is 31.2 Å². The van der Waals surface area contributed by atoms with Crippen molar-refractivity contribution < 1.29 is 9.59 Å². The highest BCUT2D eigenvalue weighted by Gasteiger charge is 2.41. The highest BCUT2D eigenvalue weighted by atomic mass is 16.2. The van der Waals surface area contributed by atoms with E-state index >= 15 is 0 Å². The zero-order valence-electron chi connectivity index (χ0n) is 11.7. The summed E-state index contributed by atoms with van der Waals surface area (Å²) >= 11 is 0. The van der Waals surface area contributed by atoms with Gasteiger partial charge in [0.15, 0.2) is 0 Å². The van der Waals surface area contributed by atoms with Crippen molar-refractivity contribution in [2.24, 2.45) is 11.1 Å². The van der Waals surface area contributed by atoms with Crippen molar-refractivity contribution in [3.63, 3.8) is 0 Å². The molecule has 1 aliphatic rings. The standard InChI is InChI=1S/C15H18N4O2/c16-10-15(7-1-2-8-15)13(20)18-9-11-3-5-12(6-4-11)19-14(17)21/h3-6H,1-2,7-9H2,(H,18,20)(H3,17,19,21). The van der Waals surface area contributed by atoms with Crippen molar-refractivity contribution >= 4 is 17.6 Å². The summed E-state index contributed by atoms with van der Waals surface area (Å²) < 4.78 is 0. The second-order valence-corrected chi connectivity index (χ2v) is 5.27. The minimum absolute atomic E-state index is 0.193. The number of nitrogens with two attached hydrogens (primary N) is 1. The fourth-order valence-corrected chi connectivity index (χ4v) is 2.57. The van der Waals surface area contributed by atoms with E-state index in [2.05, 4.69) is 16.7 Å². The monoisotopic (exact) mass is 286 g/mol. The quantitative estimate of drug-likeness (QED) is 0.786. The normalized spacial score (nSPS) is 16.0. The number of nitriles is 1. The fourth-order valence-electron chi connectivity index (χ4n) is 2.57. The summed E-state index contributed by atoms with van der Waals surface area (Å²) in [7, 11) is 0. The summed E-state index contributed by atoms with van der Waals surface area (Å²) in [5.41, 5.74) is 5.66. The van der Waals surface area contributed by atoms with Crippen LogP contribution in [0.15, 0.2) is 24.3 Å². The molecular weight excluding hydrogens is 268 g/mol. The van der Waals surface area contributed by atoms with Crippen molar-refractivity contribution in [1.29, 1.82) is 5.26 Å². The Labute approximate surface area is 123 Å². The lowest BCUT2D eigenvalue weighted by Crippen LogP contribution is -2.37. The number of carbonyl (C=O) groups is 2. The maximum Gasteiger partial charge on any atom is 0.316 e. The molecule has 1 fully saturated rings. The van der Waals surface area contributed by atoms with Gasteiger partial charge in [0.1, 0.15) is 5.41 Å². The van der Waals surface area contributed by atoms with Crippen LogP contribution < -0.4 is 16.4 Å². The lowest BCUT2D eigenvalue weighted by Gasteiger charge is -2.19. The first-order valence-electron chi connectivity index (χ1n) is 6.91. The van der Waals surface area contributed by atoms with E-state index < -0.39 is 11.4 Å². The Balaban J connectivity index is 1.92. The molecule has 0 heterocycles. The zero-order chi connectivity index (χ0) is 15.3. The molecule has 6 nitrogen and oxygen atoms in total. The van der Waals surface area contributed by atoms with Crippen molar-refractivity contribution in [2.45, 2.75) is 32.2 Å². The number of nitrogens with zero attached hydrogens (tertiary/aromatic N) is 1. The number of nitrogens with one attached hydrogen (secondary N) is 2. The van der Waals surface area contributed by atoms with Gasteiger partial charge in [-0.25, -0.2) is 4.79 Å². The van der Waals surface area contributed by atoms with Crippen LogP contribution in [0.25, 0.3) is 0 Å². The van der Waals surface area contributed by atoms with Gasteiger partial charge in [0.2, 0.25) is 5.91 Å². The van der Waals surface area contributed by atoms with Crippen LogP contribution in [-0.2, 0) is 11.3 Å².